The van der Waals surface area contributed by atoms with Crippen LogP contribution in [0.15, 0.2) is 34.9 Å². The van der Waals surface area contributed by atoms with Crippen molar-refractivity contribution in [2.24, 2.45) is 0 Å². The van der Waals surface area contributed by atoms with Crippen LogP contribution in [0.25, 0.3) is 0 Å². The Labute approximate surface area is 106 Å². The van der Waals surface area contributed by atoms with Crippen molar-refractivity contribution < 1.29 is 9.47 Å². The summed E-state index contributed by atoms with van der Waals surface area (Å²) in [6, 6.07) is 0. The van der Waals surface area contributed by atoms with E-state index in [0.29, 0.717) is 13.2 Å². The molecule has 0 fully saturated rings. The van der Waals surface area contributed by atoms with Crippen LogP contribution in [0.5, 0.6) is 0 Å². The summed E-state index contributed by atoms with van der Waals surface area (Å²) >= 11 is 0. The van der Waals surface area contributed by atoms with Crippen molar-refractivity contribution in [1.29, 1.82) is 0 Å². The summed E-state index contributed by atoms with van der Waals surface area (Å²) in [6.45, 7) is 13.5. The van der Waals surface area contributed by atoms with Crippen molar-refractivity contribution in [2.75, 3.05) is 13.2 Å². The minimum absolute atomic E-state index is 0.258. The highest BCUT2D eigenvalue weighted by Crippen LogP contribution is 2.04. The van der Waals surface area contributed by atoms with Gasteiger partial charge in [-0.3, -0.25) is 0 Å². The quantitative estimate of drug-likeness (QED) is 0.488. The van der Waals surface area contributed by atoms with E-state index in [0.717, 1.165) is 0 Å². The largest absolute Gasteiger partial charge is 0.345 e. The Morgan fingerprint density at radius 3 is 1.47 bits per heavy atom. The highest BCUT2D eigenvalue weighted by Gasteiger charge is 2.03. The Kier molecular flexibility index (Phi) is 8.73. The molecule has 0 saturated carbocycles. The Bertz CT molecular complexity index is 264. The first-order valence-corrected chi connectivity index (χ1v) is 6.06. The summed E-state index contributed by atoms with van der Waals surface area (Å²) in [4.78, 5) is 0. The van der Waals surface area contributed by atoms with E-state index in [1.807, 2.05) is 19.9 Å². The highest BCUT2D eigenvalue weighted by molar-refractivity contribution is 4.98. The number of hydrogen-bond donors (Lipinski definition) is 0. The molecule has 98 valence electrons. The van der Waals surface area contributed by atoms with Crippen molar-refractivity contribution >= 4 is 0 Å². The third-order valence-electron chi connectivity index (χ3n) is 1.97. The van der Waals surface area contributed by atoms with E-state index in [4.69, 9.17) is 9.47 Å². The van der Waals surface area contributed by atoms with Gasteiger partial charge in [0.2, 0.25) is 0 Å². The second-order valence-electron chi connectivity index (χ2n) is 4.84. The molecular formula is C15H26O2. The molecule has 0 aliphatic rings. The van der Waals surface area contributed by atoms with Crippen molar-refractivity contribution in [3.63, 3.8) is 0 Å². The lowest BCUT2D eigenvalue weighted by Crippen LogP contribution is -2.15. The predicted octanol–water partition coefficient (Wildman–Crippen LogP) is 4.24. The van der Waals surface area contributed by atoms with Gasteiger partial charge in [0.15, 0.2) is 6.29 Å². The molecule has 0 bridgehead atoms. The Balaban J connectivity index is 4.20. The maximum absolute atomic E-state index is 5.64. The molecule has 0 radical (unpaired) electrons. The van der Waals surface area contributed by atoms with Crippen molar-refractivity contribution in [2.45, 2.75) is 47.8 Å². The van der Waals surface area contributed by atoms with Crippen molar-refractivity contribution in [3.05, 3.63) is 34.9 Å². The second kappa shape index (κ2) is 9.20. The zero-order valence-corrected chi connectivity index (χ0v) is 12.0. The minimum Gasteiger partial charge on any atom is -0.345 e. The topological polar surface area (TPSA) is 18.5 Å². The Morgan fingerprint density at radius 2 is 1.18 bits per heavy atom. The average Bonchev–Trinajstić information content (AvgIpc) is 2.15. The van der Waals surface area contributed by atoms with Gasteiger partial charge >= 0.3 is 0 Å². The lowest BCUT2D eigenvalue weighted by Gasteiger charge is -2.14. The summed E-state index contributed by atoms with van der Waals surface area (Å²) < 4.78 is 11.3. The lowest BCUT2D eigenvalue weighted by molar-refractivity contribution is -0.0941. The third-order valence-corrected chi connectivity index (χ3v) is 1.97. The molecule has 17 heavy (non-hydrogen) atoms. The van der Waals surface area contributed by atoms with Gasteiger partial charge in [0.25, 0.3) is 0 Å². The Morgan fingerprint density at radius 1 is 0.765 bits per heavy atom. The minimum atomic E-state index is -0.258. The van der Waals surface area contributed by atoms with Crippen LogP contribution < -0.4 is 0 Å². The molecule has 0 unspecified atom stereocenters. The molecule has 0 saturated heterocycles. The van der Waals surface area contributed by atoms with Crippen LogP contribution in [-0.4, -0.2) is 19.5 Å². The van der Waals surface area contributed by atoms with Crippen LogP contribution in [0.1, 0.15) is 41.5 Å². The smallest absolute Gasteiger partial charge is 0.177 e. The van der Waals surface area contributed by atoms with Gasteiger partial charge in [0, 0.05) is 0 Å². The first-order chi connectivity index (χ1) is 7.91. The monoisotopic (exact) mass is 238 g/mol. The van der Waals surface area contributed by atoms with E-state index < -0.39 is 0 Å². The number of allylic oxidation sites excluding steroid dienone is 3. The van der Waals surface area contributed by atoms with E-state index >= 15 is 0 Å². The zero-order chi connectivity index (χ0) is 13.3. The molecule has 0 heterocycles. The zero-order valence-electron chi connectivity index (χ0n) is 12.0. The van der Waals surface area contributed by atoms with Gasteiger partial charge in [0.1, 0.15) is 0 Å². The van der Waals surface area contributed by atoms with Gasteiger partial charge in [-0.1, -0.05) is 28.9 Å². The van der Waals surface area contributed by atoms with Crippen molar-refractivity contribution in [1.82, 2.24) is 0 Å². The average molecular weight is 238 g/mol. The summed E-state index contributed by atoms with van der Waals surface area (Å²) in [6.07, 6.45) is 5.84. The molecule has 0 amide bonds. The van der Waals surface area contributed by atoms with Gasteiger partial charge in [-0.2, -0.15) is 0 Å². The molecule has 2 heteroatoms. The maximum atomic E-state index is 5.64. The summed E-state index contributed by atoms with van der Waals surface area (Å²) in [5.41, 5.74) is 3.71. The maximum Gasteiger partial charge on any atom is 0.177 e. The molecule has 0 aromatic carbocycles. The SMILES string of the molecule is CC(C)=CCOC(C=C(C)C)OCC=C(C)C. The molecule has 0 aliphatic carbocycles. The summed E-state index contributed by atoms with van der Waals surface area (Å²) in [5, 5.41) is 0. The fourth-order valence-corrected chi connectivity index (χ4v) is 1.04. The van der Waals surface area contributed by atoms with E-state index in [2.05, 4.69) is 39.8 Å². The molecule has 0 aromatic heterocycles. The molecule has 0 N–H and O–H groups in total. The second-order valence-corrected chi connectivity index (χ2v) is 4.84. The molecule has 0 rings (SSSR count). The normalized spacial score (nSPS) is 10.1. The van der Waals surface area contributed by atoms with Crippen LogP contribution in [0.4, 0.5) is 0 Å². The van der Waals surface area contributed by atoms with Crippen LogP contribution in [0.3, 0.4) is 0 Å². The number of hydrogen-bond acceptors (Lipinski definition) is 2. The molecular weight excluding hydrogens is 212 g/mol. The van der Waals surface area contributed by atoms with E-state index in [-0.39, 0.29) is 6.29 Å². The molecule has 0 aliphatic heterocycles. The first kappa shape index (κ1) is 16.1. The lowest BCUT2D eigenvalue weighted by atomic mass is 10.3. The summed E-state index contributed by atoms with van der Waals surface area (Å²) in [5.74, 6) is 0. The fourth-order valence-electron chi connectivity index (χ4n) is 1.04. The van der Waals surface area contributed by atoms with Gasteiger partial charge in [-0.25, -0.2) is 0 Å². The van der Waals surface area contributed by atoms with Crippen LogP contribution in [-0.2, 0) is 9.47 Å². The van der Waals surface area contributed by atoms with Crippen molar-refractivity contribution in [3.8, 4) is 0 Å². The molecule has 2 nitrogen and oxygen atoms in total. The van der Waals surface area contributed by atoms with Gasteiger partial charge in [-0.05, 0) is 47.6 Å². The molecule has 0 aromatic rings. The number of ether oxygens (including phenoxy) is 2. The van der Waals surface area contributed by atoms with Crippen LogP contribution >= 0.6 is 0 Å². The number of rotatable bonds is 7. The molecule has 0 spiro atoms. The van der Waals surface area contributed by atoms with E-state index in [9.17, 15) is 0 Å². The first-order valence-electron chi connectivity index (χ1n) is 6.06. The molecule has 0 atom stereocenters. The fraction of sp³-hybridized carbons (Fsp3) is 0.600. The van der Waals surface area contributed by atoms with Gasteiger partial charge < -0.3 is 9.47 Å². The van der Waals surface area contributed by atoms with Gasteiger partial charge in [-0.15, -0.1) is 0 Å². The predicted molar refractivity (Wildman–Crippen MR) is 74.0 cm³/mol. The Hall–Kier alpha value is -0.860. The highest BCUT2D eigenvalue weighted by atomic mass is 16.7. The van der Waals surface area contributed by atoms with Crippen LogP contribution in [0.2, 0.25) is 0 Å². The van der Waals surface area contributed by atoms with Gasteiger partial charge in [0.05, 0.1) is 13.2 Å². The van der Waals surface area contributed by atoms with Crippen LogP contribution in [0, 0.1) is 0 Å². The standard InChI is InChI=1S/C15H26O2/c1-12(2)7-9-16-15(11-14(5)6)17-10-8-13(3)4/h7-8,11,15H,9-10H2,1-6H3. The van der Waals surface area contributed by atoms with E-state index in [1.165, 1.54) is 16.7 Å². The van der Waals surface area contributed by atoms with E-state index in [1.54, 1.807) is 0 Å². The third kappa shape index (κ3) is 11.4. The summed E-state index contributed by atoms with van der Waals surface area (Å²) in [7, 11) is 0.